The fourth-order valence-electron chi connectivity index (χ4n) is 7.51. The molecule has 0 spiro atoms. The third-order valence-corrected chi connectivity index (χ3v) is 11.0. The maximum absolute atomic E-state index is 11.8. The van der Waals surface area contributed by atoms with Gasteiger partial charge in [0.2, 0.25) is 10.0 Å². The second kappa shape index (κ2) is 10.8. The van der Waals surface area contributed by atoms with Crippen molar-refractivity contribution < 1.29 is 18.6 Å². The van der Waals surface area contributed by atoms with Crippen molar-refractivity contribution in [2.45, 2.75) is 77.4 Å². The van der Waals surface area contributed by atoms with Crippen molar-refractivity contribution in [3.05, 3.63) is 35.5 Å². The second-order valence-electron chi connectivity index (χ2n) is 11.9. The van der Waals surface area contributed by atoms with E-state index in [1.165, 1.54) is 38.4 Å². The summed E-state index contributed by atoms with van der Waals surface area (Å²) in [6, 6.07) is 0. The minimum atomic E-state index is -3.07. The lowest BCUT2D eigenvalue weighted by Crippen LogP contribution is -2.48. The molecular weight excluding hydrogens is 460 g/mol. The summed E-state index contributed by atoms with van der Waals surface area (Å²) in [6.45, 7) is 12.7. The van der Waals surface area contributed by atoms with E-state index in [0.717, 1.165) is 37.5 Å². The lowest BCUT2D eigenvalue weighted by atomic mass is 9.61. The van der Waals surface area contributed by atoms with Crippen LogP contribution in [0, 0.1) is 23.2 Å². The molecule has 0 aromatic carbocycles. The summed E-state index contributed by atoms with van der Waals surface area (Å²) < 4.78 is 25.2. The molecule has 3 saturated carbocycles. The van der Waals surface area contributed by atoms with Gasteiger partial charge in [0, 0.05) is 26.2 Å². The van der Waals surface area contributed by atoms with Crippen LogP contribution in [-0.4, -0.2) is 79.0 Å². The first-order valence-corrected chi connectivity index (χ1v) is 15.4. The first-order chi connectivity index (χ1) is 16.5. The predicted molar refractivity (Wildman–Crippen MR) is 141 cm³/mol. The van der Waals surface area contributed by atoms with Crippen LogP contribution in [0.3, 0.4) is 0 Å². The molecule has 2 N–H and O–H groups in total. The normalized spacial score (nSPS) is 38.7. The molecule has 6 atom stereocenters. The lowest BCUT2D eigenvalue weighted by Gasteiger charge is -2.45. The summed E-state index contributed by atoms with van der Waals surface area (Å²) in [6.07, 6.45) is 13.1. The molecule has 1 aliphatic heterocycles. The van der Waals surface area contributed by atoms with Gasteiger partial charge >= 0.3 is 0 Å². The number of nitrogens with zero attached hydrogens (tertiary/aromatic N) is 2. The number of hydrogen-bond acceptors (Lipinski definition) is 5. The SMILES string of the molecule is C=C1[C@H](O)CC(=CC=C2CCC[C@]3(C)[C@@H]([C@H](C)CCN4CCN(S(C)(=O)=O)CC4)CC[C@@H]23)C[C@@H]1O. The number of rotatable bonds is 6. The topological polar surface area (TPSA) is 81.1 Å². The predicted octanol–water partition coefficient (Wildman–Crippen LogP) is 3.73. The number of aliphatic hydroxyl groups is 2. The highest BCUT2D eigenvalue weighted by Crippen LogP contribution is 2.59. The molecule has 0 radical (unpaired) electrons. The zero-order valence-corrected chi connectivity index (χ0v) is 22.8. The zero-order chi connectivity index (χ0) is 25.4. The van der Waals surface area contributed by atoms with Gasteiger partial charge in [-0.15, -0.1) is 0 Å². The van der Waals surface area contributed by atoms with E-state index < -0.39 is 22.2 Å². The van der Waals surface area contributed by atoms with Crippen LogP contribution in [0.25, 0.3) is 0 Å². The van der Waals surface area contributed by atoms with Crippen LogP contribution < -0.4 is 0 Å². The summed E-state index contributed by atoms with van der Waals surface area (Å²) in [5.41, 5.74) is 3.57. The van der Waals surface area contributed by atoms with Gasteiger partial charge in [0.05, 0.1) is 18.5 Å². The molecule has 6 nitrogen and oxygen atoms in total. The van der Waals surface area contributed by atoms with Crippen LogP contribution in [0.2, 0.25) is 0 Å². The van der Waals surface area contributed by atoms with Crippen LogP contribution in [0.4, 0.5) is 0 Å². The van der Waals surface area contributed by atoms with Crippen molar-refractivity contribution in [1.29, 1.82) is 0 Å². The average molecular weight is 507 g/mol. The quantitative estimate of drug-likeness (QED) is 0.537. The fourth-order valence-corrected chi connectivity index (χ4v) is 8.34. The summed E-state index contributed by atoms with van der Waals surface area (Å²) in [7, 11) is -3.07. The van der Waals surface area contributed by atoms with Crippen molar-refractivity contribution in [2.75, 3.05) is 39.0 Å². The van der Waals surface area contributed by atoms with E-state index in [9.17, 15) is 18.6 Å². The van der Waals surface area contributed by atoms with Crippen LogP contribution in [0.5, 0.6) is 0 Å². The Bertz CT molecular complexity index is 934. The van der Waals surface area contributed by atoms with Gasteiger partial charge < -0.3 is 15.1 Å². The van der Waals surface area contributed by atoms with E-state index in [0.29, 0.717) is 48.8 Å². The molecule has 4 fully saturated rings. The van der Waals surface area contributed by atoms with E-state index in [2.05, 4.69) is 37.5 Å². The van der Waals surface area contributed by atoms with Gasteiger partial charge in [0.25, 0.3) is 0 Å². The van der Waals surface area contributed by atoms with Crippen molar-refractivity contribution in [1.82, 2.24) is 9.21 Å². The minimum absolute atomic E-state index is 0.344. The summed E-state index contributed by atoms with van der Waals surface area (Å²) in [5, 5.41) is 20.4. The van der Waals surface area contributed by atoms with Gasteiger partial charge in [-0.1, -0.05) is 43.7 Å². The van der Waals surface area contributed by atoms with Gasteiger partial charge in [-0.2, -0.15) is 4.31 Å². The second-order valence-corrected chi connectivity index (χ2v) is 13.9. The van der Waals surface area contributed by atoms with Gasteiger partial charge in [-0.25, -0.2) is 8.42 Å². The van der Waals surface area contributed by atoms with Crippen molar-refractivity contribution in [3.63, 3.8) is 0 Å². The number of fused-ring (bicyclic) bond motifs is 1. The van der Waals surface area contributed by atoms with Crippen LogP contribution in [0.1, 0.15) is 65.2 Å². The van der Waals surface area contributed by atoms with E-state index in [4.69, 9.17) is 0 Å². The Kier molecular flexibility index (Phi) is 8.33. The van der Waals surface area contributed by atoms with E-state index in [1.54, 1.807) is 9.88 Å². The Morgan fingerprint density at radius 1 is 1.11 bits per heavy atom. The Morgan fingerprint density at radius 3 is 2.40 bits per heavy atom. The Balaban J connectivity index is 1.35. The minimum Gasteiger partial charge on any atom is -0.388 e. The molecule has 0 aromatic rings. The smallest absolute Gasteiger partial charge is 0.211 e. The van der Waals surface area contributed by atoms with Gasteiger partial charge in [0.1, 0.15) is 0 Å². The highest BCUT2D eigenvalue weighted by atomic mass is 32.2. The number of hydrogen-bond donors (Lipinski definition) is 2. The van der Waals surface area contributed by atoms with Crippen molar-refractivity contribution in [2.24, 2.45) is 23.2 Å². The average Bonchev–Trinajstić information content (AvgIpc) is 3.16. The zero-order valence-electron chi connectivity index (χ0n) is 22.0. The fraction of sp³-hybridized carbons (Fsp3) is 0.786. The highest BCUT2D eigenvalue weighted by molar-refractivity contribution is 7.88. The largest absolute Gasteiger partial charge is 0.388 e. The molecule has 4 rings (SSSR count). The molecule has 0 amide bonds. The Hall–Kier alpha value is -0.990. The monoisotopic (exact) mass is 506 g/mol. The molecule has 7 heteroatoms. The van der Waals surface area contributed by atoms with E-state index in [-0.39, 0.29) is 0 Å². The van der Waals surface area contributed by atoms with Crippen LogP contribution in [0.15, 0.2) is 35.5 Å². The van der Waals surface area contributed by atoms with Crippen molar-refractivity contribution in [3.8, 4) is 0 Å². The third-order valence-electron chi connectivity index (χ3n) is 9.73. The molecule has 0 aromatic heterocycles. The lowest BCUT2D eigenvalue weighted by molar-refractivity contribution is 0.0853. The number of allylic oxidation sites excluding steroid dienone is 3. The maximum atomic E-state index is 11.8. The molecule has 198 valence electrons. The van der Waals surface area contributed by atoms with E-state index in [1.807, 2.05) is 0 Å². The summed E-state index contributed by atoms with van der Waals surface area (Å²) in [5.74, 6) is 2.01. The maximum Gasteiger partial charge on any atom is 0.211 e. The van der Waals surface area contributed by atoms with Crippen molar-refractivity contribution >= 4 is 10.0 Å². The molecule has 1 heterocycles. The Labute approximate surface area is 212 Å². The third kappa shape index (κ3) is 5.96. The van der Waals surface area contributed by atoms with Gasteiger partial charge in [-0.3, -0.25) is 0 Å². The summed E-state index contributed by atoms with van der Waals surface area (Å²) in [4.78, 5) is 2.44. The summed E-state index contributed by atoms with van der Waals surface area (Å²) >= 11 is 0. The first-order valence-electron chi connectivity index (χ1n) is 13.6. The highest BCUT2D eigenvalue weighted by Gasteiger charge is 2.50. The van der Waals surface area contributed by atoms with Crippen LogP contribution in [-0.2, 0) is 10.0 Å². The molecular formula is C28H46N2O4S. The molecule has 0 bridgehead atoms. The number of aliphatic hydroxyl groups excluding tert-OH is 2. The molecule has 1 saturated heterocycles. The molecule has 3 aliphatic carbocycles. The number of piperazine rings is 1. The molecule has 35 heavy (non-hydrogen) atoms. The Morgan fingerprint density at radius 2 is 1.77 bits per heavy atom. The van der Waals surface area contributed by atoms with E-state index >= 15 is 0 Å². The van der Waals surface area contributed by atoms with Gasteiger partial charge in [-0.05, 0) is 86.7 Å². The van der Waals surface area contributed by atoms with Crippen LogP contribution >= 0.6 is 0 Å². The molecule has 0 unspecified atom stereocenters. The molecule has 4 aliphatic rings. The standard InChI is InChI=1S/C28H46N2O4S/c1-20(11-13-29-14-16-30(17-15-29)35(4,33)34)24-9-10-25-23(6-5-12-28(24,25)3)8-7-22-18-26(31)21(2)27(32)19-22/h7-8,20,24-27,31-32H,2,5-6,9-19H2,1,3-4H3/t20-,24-,25+,26-,27+,28-/m1/s1. The first kappa shape index (κ1) is 27.1. The van der Waals surface area contributed by atoms with Gasteiger partial charge in [0.15, 0.2) is 0 Å². The number of sulfonamides is 1.